The summed E-state index contributed by atoms with van der Waals surface area (Å²) in [6, 6.07) is 12.0. The molecule has 34 heavy (non-hydrogen) atoms. The van der Waals surface area contributed by atoms with Crippen LogP contribution in [0.5, 0.6) is 0 Å². The molecule has 2 atom stereocenters. The van der Waals surface area contributed by atoms with Gasteiger partial charge in [0, 0.05) is 53.6 Å². The summed E-state index contributed by atoms with van der Waals surface area (Å²) in [6.45, 7) is 6.42. The molecule has 1 saturated heterocycles. The summed E-state index contributed by atoms with van der Waals surface area (Å²) in [5.41, 5.74) is 2.29. The predicted molar refractivity (Wildman–Crippen MR) is 129 cm³/mol. The average Bonchev–Trinajstić information content (AvgIpc) is 3.20. The molecule has 3 aromatic heterocycles. The number of fused-ring (bicyclic) bond motifs is 2. The van der Waals surface area contributed by atoms with E-state index in [4.69, 9.17) is 0 Å². The Morgan fingerprint density at radius 2 is 2.09 bits per heavy atom. The minimum Gasteiger partial charge on any atom is -0.357 e. The molecule has 1 fully saturated rings. The minimum absolute atomic E-state index is 0.00446. The second kappa shape index (κ2) is 9.02. The summed E-state index contributed by atoms with van der Waals surface area (Å²) >= 11 is 0. The highest BCUT2D eigenvalue weighted by molar-refractivity contribution is 5.92. The van der Waals surface area contributed by atoms with E-state index in [1.165, 1.54) is 29.4 Å². The third-order valence-corrected chi connectivity index (χ3v) is 6.74. The monoisotopic (exact) mass is 461 g/mol. The number of piperidine rings is 1. The van der Waals surface area contributed by atoms with Crippen LogP contribution in [0.25, 0.3) is 16.6 Å². The molecule has 0 bridgehead atoms. The van der Waals surface area contributed by atoms with E-state index < -0.39 is 5.91 Å². The number of rotatable bonds is 5. The van der Waals surface area contributed by atoms with Crippen molar-refractivity contribution in [3.8, 4) is 0 Å². The number of carbonyl (C=O) groups excluding carboxylic acids is 1. The van der Waals surface area contributed by atoms with Crippen molar-refractivity contribution in [2.24, 2.45) is 5.92 Å². The molecule has 7 nitrogen and oxygen atoms in total. The number of H-pyrrole nitrogens is 1. The number of halogens is 1. The van der Waals surface area contributed by atoms with E-state index in [1.807, 2.05) is 6.07 Å². The number of amides is 1. The van der Waals surface area contributed by atoms with Gasteiger partial charge in [-0.25, -0.2) is 9.37 Å². The highest BCUT2D eigenvalue weighted by Gasteiger charge is 2.23. The van der Waals surface area contributed by atoms with Crippen molar-refractivity contribution in [3.05, 3.63) is 81.8 Å². The Kier molecular flexibility index (Phi) is 5.91. The zero-order chi connectivity index (χ0) is 23.8. The van der Waals surface area contributed by atoms with Gasteiger partial charge in [-0.15, -0.1) is 0 Å². The number of hydrogen-bond acceptors (Lipinski definition) is 4. The number of benzene rings is 1. The number of likely N-dealkylation sites (tertiary alicyclic amines) is 1. The maximum atomic E-state index is 14.8. The lowest BCUT2D eigenvalue weighted by molar-refractivity contribution is 0.0945. The molecule has 2 N–H and O–H groups in total. The van der Waals surface area contributed by atoms with Gasteiger partial charge in [-0.05, 0) is 62.6 Å². The highest BCUT2D eigenvalue weighted by atomic mass is 19.1. The third kappa shape index (κ3) is 4.46. The molecule has 0 spiro atoms. The second-order valence-corrected chi connectivity index (χ2v) is 9.37. The molecular weight excluding hydrogens is 433 g/mol. The van der Waals surface area contributed by atoms with Crippen LogP contribution >= 0.6 is 0 Å². The van der Waals surface area contributed by atoms with E-state index in [9.17, 15) is 14.0 Å². The zero-order valence-corrected chi connectivity index (χ0v) is 19.3. The Morgan fingerprint density at radius 1 is 1.24 bits per heavy atom. The topological polar surface area (TPSA) is 82.5 Å². The van der Waals surface area contributed by atoms with Crippen LogP contribution in [0, 0.1) is 11.7 Å². The molecule has 1 aliphatic heterocycles. The molecule has 1 amide bonds. The number of carbonyl (C=O) groups is 1. The first-order valence-electron chi connectivity index (χ1n) is 11.7. The van der Waals surface area contributed by atoms with Crippen LogP contribution in [0.1, 0.15) is 48.4 Å². The molecule has 1 aliphatic rings. The lowest BCUT2D eigenvalue weighted by atomic mass is 9.93. The van der Waals surface area contributed by atoms with Crippen LogP contribution in [0.2, 0.25) is 0 Å². The number of hydrogen-bond donors (Lipinski definition) is 2. The maximum Gasteiger partial charge on any atom is 0.270 e. The standard InChI is InChI=1S/C26H28FN5O2/c1-16-6-8-31(17(2)9-16)15-20-10-18-11-21(27)19(12-22(18)29-20)14-28-26(34)23-13-25(33)32-7-4-3-5-24(32)30-23/h3-5,7,10-13,16-17,29H,6,8-9,14-15H2,1-2H3,(H,28,34)/t16-,17-/m0/s1. The number of pyridine rings is 1. The van der Waals surface area contributed by atoms with E-state index in [1.54, 1.807) is 30.5 Å². The molecule has 0 radical (unpaired) electrons. The van der Waals surface area contributed by atoms with Crippen molar-refractivity contribution in [1.29, 1.82) is 0 Å². The van der Waals surface area contributed by atoms with Crippen LogP contribution in [0.4, 0.5) is 4.39 Å². The lowest BCUT2D eigenvalue weighted by Crippen LogP contribution is -2.39. The van der Waals surface area contributed by atoms with Gasteiger partial charge in [0.05, 0.1) is 0 Å². The van der Waals surface area contributed by atoms with Gasteiger partial charge in [0.25, 0.3) is 11.5 Å². The largest absolute Gasteiger partial charge is 0.357 e. The second-order valence-electron chi connectivity index (χ2n) is 9.37. The van der Waals surface area contributed by atoms with Crippen LogP contribution < -0.4 is 10.9 Å². The van der Waals surface area contributed by atoms with Gasteiger partial charge < -0.3 is 10.3 Å². The van der Waals surface area contributed by atoms with Gasteiger partial charge in [-0.3, -0.25) is 18.9 Å². The molecule has 5 rings (SSSR count). The molecule has 176 valence electrons. The van der Waals surface area contributed by atoms with Crippen molar-refractivity contribution in [2.45, 2.75) is 45.8 Å². The minimum atomic E-state index is -0.525. The van der Waals surface area contributed by atoms with E-state index in [0.29, 0.717) is 17.3 Å². The van der Waals surface area contributed by atoms with Gasteiger partial charge in [0.1, 0.15) is 17.2 Å². The van der Waals surface area contributed by atoms with E-state index in [0.717, 1.165) is 35.6 Å². The SMILES string of the molecule is C[C@H]1CCN(Cc2cc3cc(F)c(CNC(=O)c4cc(=O)n5ccccc5n4)cc3[nH]2)[C@@H](C)C1. The number of nitrogens with zero attached hydrogens (tertiary/aromatic N) is 3. The van der Waals surface area contributed by atoms with Crippen molar-refractivity contribution in [3.63, 3.8) is 0 Å². The van der Waals surface area contributed by atoms with Gasteiger partial charge in [0.2, 0.25) is 0 Å². The first kappa shape index (κ1) is 22.3. The fourth-order valence-electron chi connectivity index (χ4n) is 4.82. The van der Waals surface area contributed by atoms with Gasteiger partial charge >= 0.3 is 0 Å². The highest BCUT2D eigenvalue weighted by Crippen LogP contribution is 2.26. The van der Waals surface area contributed by atoms with Crippen molar-refractivity contribution < 1.29 is 9.18 Å². The molecule has 1 aromatic carbocycles. The fraction of sp³-hybridized carbons (Fsp3) is 0.346. The molecule has 0 aliphatic carbocycles. The normalized spacial score (nSPS) is 19.0. The number of aromatic nitrogens is 3. The maximum absolute atomic E-state index is 14.8. The van der Waals surface area contributed by atoms with E-state index in [2.05, 4.69) is 34.0 Å². The van der Waals surface area contributed by atoms with E-state index in [-0.39, 0.29) is 23.6 Å². The third-order valence-electron chi connectivity index (χ3n) is 6.74. The Bertz CT molecular complexity index is 1430. The first-order chi connectivity index (χ1) is 16.4. The zero-order valence-electron chi connectivity index (χ0n) is 19.3. The molecule has 4 aromatic rings. The van der Waals surface area contributed by atoms with Crippen LogP contribution in [-0.4, -0.2) is 37.8 Å². The molecule has 4 heterocycles. The molecule has 8 heteroatoms. The lowest BCUT2D eigenvalue weighted by Gasteiger charge is -2.36. The Hall–Kier alpha value is -3.52. The Morgan fingerprint density at radius 3 is 2.91 bits per heavy atom. The van der Waals surface area contributed by atoms with Gasteiger partial charge in [0.15, 0.2) is 0 Å². The first-order valence-corrected chi connectivity index (χ1v) is 11.7. The molecule has 0 unspecified atom stereocenters. The molecular formula is C26H28FN5O2. The van der Waals surface area contributed by atoms with Gasteiger partial charge in [-0.1, -0.05) is 13.0 Å². The van der Waals surface area contributed by atoms with Crippen LogP contribution in [0.15, 0.2) is 53.5 Å². The van der Waals surface area contributed by atoms with Crippen molar-refractivity contribution in [1.82, 2.24) is 24.6 Å². The van der Waals surface area contributed by atoms with Crippen molar-refractivity contribution >= 4 is 22.5 Å². The number of aromatic amines is 1. The van der Waals surface area contributed by atoms with E-state index >= 15 is 0 Å². The smallest absolute Gasteiger partial charge is 0.270 e. The van der Waals surface area contributed by atoms with Crippen molar-refractivity contribution in [2.75, 3.05) is 6.54 Å². The number of nitrogens with one attached hydrogen (secondary N) is 2. The fourth-order valence-corrected chi connectivity index (χ4v) is 4.82. The Balaban J connectivity index is 1.31. The summed E-state index contributed by atoms with van der Waals surface area (Å²) in [6.07, 6.45) is 3.98. The summed E-state index contributed by atoms with van der Waals surface area (Å²) in [4.78, 5) is 35.0. The summed E-state index contributed by atoms with van der Waals surface area (Å²) < 4.78 is 16.1. The quantitative estimate of drug-likeness (QED) is 0.473. The van der Waals surface area contributed by atoms with Crippen LogP contribution in [-0.2, 0) is 13.1 Å². The van der Waals surface area contributed by atoms with Crippen LogP contribution in [0.3, 0.4) is 0 Å². The summed E-state index contributed by atoms with van der Waals surface area (Å²) in [5.74, 6) is -0.155. The molecule has 0 saturated carbocycles. The summed E-state index contributed by atoms with van der Waals surface area (Å²) in [5, 5.41) is 3.49. The van der Waals surface area contributed by atoms with Gasteiger partial charge in [-0.2, -0.15) is 0 Å². The predicted octanol–water partition coefficient (Wildman–Crippen LogP) is 3.87. The Labute approximate surface area is 196 Å². The average molecular weight is 462 g/mol. The summed E-state index contributed by atoms with van der Waals surface area (Å²) in [7, 11) is 0.